The minimum atomic E-state index is -0.305. The van der Waals surface area contributed by atoms with Crippen molar-refractivity contribution in [2.24, 2.45) is 5.73 Å². The van der Waals surface area contributed by atoms with Gasteiger partial charge in [0, 0.05) is 30.7 Å². The van der Waals surface area contributed by atoms with E-state index in [-0.39, 0.29) is 6.04 Å². The fourth-order valence-electron chi connectivity index (χ4n) is 1.43. The Balaban J connectivity index is 2.24. The van der Waals surface area contributed by atoms with Gasteiger partial charge < -0.3 is 5.73 Å². The summed E-state index contributed by atoms with van der Waals surface area (Å²) in [7, 11) is 0. The fraction of sp³-hybridized carbons (Fsp3) is 0.364. The third-order valence-corrected chi connectivity index (χ3v) is 2.42. The lowest BCUT2D eigenvalue weighted by atomic mass is 10.1. The summed E-state index contributed by atoms with van der Waals surface area (Å²) in [5, 5.41) is 4.18. The minimum Gasteiger partial charge on any atom is -0.318 e. The topological polar surface area (TPSA) is 69.6 Å². The Morgan fingerprint density at radius 1 is 1.31 bits per heavy atom. The highest BCUT2D eigenvalue weighted by Gasteiger charge is 2.13. The SMILES string of the molecule is CCn1cc(C(N)c2ncc(C)cn2)cn1. The first kappa shape index (κ1) is 10.8. The Labute approximate surface area is 94.3 Å². The van der Waals surface area contributed by atoms with Crippen molar-refractivity contribution >= 4 is 0 Å². The molecule has 0 aliphatic carbocycles. The third-order valence-electron chi connectivity index (χ3n) is 2.42. The van der Waals surface area contributed by atoms with Crippen molar-refractivity contribution in [3.63, 3.8) is 0 Å². The number of aromatic nitrogens is 4. The zero-order chi connectivity index (χ0) is 11.5. The highest BCUT2D eigenvalue weighted by Crippen LogP contribution is 2.14. The Morgan fingerprint density at radius 2 is 2.00 bits per heavy atom. The van der Waals surface area contributed by atoms with Gasteiger partial charge in [0.25, 0.3) is 0 Å². The largest absolute Gasteiger partial charge is 0.318 e. The van der Waals surface area contributed by atoms with Crippen LogP contribution >= 0.6 is 0 Å². The molecule has 0 saturated heterocycles. The molecule has 2 N–H and O–H groups in total. The zero-order valence-corrected chi connectivity index (χ0v) is 9.46. The van der Waals surface area contributed by atoms with Crippen LogP contribution in [0.5, 0.6) is 0 Å². The molecule has 5 nitrogen and oxygen atoms in total. The van der Waals surface area contributed by atoms with Gasteiger partial charge in [-0.1, -0.05) is 0 Å². The molecule has 0 aromatic carbocycles. The van der Waals surface area contributed by atoms with Gasteiger partial charge in [0.1, 0.15) is 5.82 Å². The molecule has 2 aromatic rings. The van der Waals surface area contributed by atoms with Crippen LogP contribution in [0.25, 0.3) is 0 Å². The van der Waals surface area contributed by atoms with Crippen LogP contribution in [0.2, 0.25) is 0 Å². The molecule has 0 radical (unpaired) electrons. The molecule has 0 bridgehead atoms. The monoisotopic (exact) mass is 217 g/mol. The van der Waals surface area contributed by atoms with E-state index in [1.807, 2.05) is 24.7 Å². The standard InChI is InChI=1S/C11H15N5/c1-3-16-7-9(6-15-16)10(12)11-13-4-8(2)5-14-11/h4-7,10H,3,12H2,1-2H3. The number of aryl methyl sites for hydroxylation is 2. The molecule has 16 heavy (non-hydrogen) atoms. The average molecular weight is 217 g/mol. The lowest BCUT2D eigenvalue weighted by Crippen LogP contribution is -2.14. The summed E-state index contributed by atoms with van der Waals surface area (Å²) < 4.78 is 1.84. The number of nitrogens with two attached hydrogens (primary N) is 1. The van der Waals surface area contributed by atoms with E-state index in [1.165, 1.54) is 0 Å². The molecular formula is C11H15N5. The van der Waals surface area contributed by atoms with Gasteiger partial charge >= 0.3 is 0 Å². The van der Waals surface area contributed by atoms with Crippen molar-refractivity contribution in [1.29, 1.82) is 0 Å². The molecule has 5 heteroatoms. The van der Waals surface area contributed by atoms with Crippen LogP contribution in [0.3, 0.4) is 0 Å². The first-order valence-corrected chi connectivity index (χ1v) is 5.27. The predicted octanol–water partition coefficient (Wildman–Crippen LogP) is 1.05. The smallest absolute Gasteiger partial charge is 0.149 e. The summed E-state index contributed by atoms with van der Waals surface area (Å²) in [4.78, 5) is 8.43. The van der Waals surface area contributed by atoms with E-state index in [4.69, 9.17) is 5.73 Å². The van der Waals surface area contributed by atoms with E-state index in [9.17, 15) is 0 Å². The first-order valence-electron chi connectivity index (χ1n) is 5.27. The Bertz CT molecular complexity index is 459. The summed E-state index contributed by atoms with van der Waals surface area (Å²) in [6.07, 6.45) is 7.23. The highest BCUT2D eigenvalue weighted by molar-refractivity contribution is 5.19. The van der Waals surface area contributed by atoms with Crippen LogP contribution in [0.4, 0.5) is 0 Å². The molecule has 1 unspecified atom stereocenters. The Hall–Kier alpha value is -1.75. The van der Waals surface area contributed by atoms with Gasteiger partial charge in [-0.05, 0) is 19.4 Å². The van der Waals surface area contributed by atoms with Crippen LogP contribution in [0.15, 0.2) is 24.8 Å². The van der Waals surface area contributed by atoms with Crippen molar-refractivity contribution in [1.82, 2.24) is 19.7 Å². The molecule has 0 amide bonds. The van der Waals surface area contributed by atoms with E-state index in [1.54, 1.807) is 18.6 Å². The van der Waals surface area contributed by atoms with Gasteiger partial charge in [-0.25, -0.2) is 9.97 Å². The molecule has 2 rings (SSSR count). The molecular weight excluding hydrogens is 202 g/mol. The Morgan fingerprint density at radius 3 is 2.56 bits per heavy atom. The first-order chi connectivity index (χ1) is 7.70. The van der Waals surface area contributed by atoms with E-state index < -0.39 is 0 Å². The number of rotatable bonds is 3. The maximum Gasteiger partial charge on any atom is 0.149 e. The molecule has 0 fully saturated rings. The number of nitrogens with zero attached hydrogens (tertiary/aromatic N) is 4. The molecule has 0 saturated carbocycles. The minimum absolute atomic E-state index is 0.305. The van der Waals surface area contributed by atoms with Gasteiger partial charge in [-0.15, -0.1) is 0 Å². The summed E-state index contributed by atoms with van der Waals surface area (Å²) in [5.74, 6) is 0.626. The summed E-state index contributed by atoms with van der Waals surface area (Å²) in [6, 6.07) is -0.305. The van der Waals surface area contributed by atoms with E-state index in [0.717, 1.165) is 17.7 Å². The average Bonchev–Trinajstić information content (AvgIpc) is 2.77. The zero-order valence-electron chi connectivity index (χ0n) is 9.46. The second-order valence-electron chi connectivity index (χ2n) is 3.73. The van der Waals surface area contributed by atoms with E-state index in [0.29, 0.717) is 5.82 Å². The van der Waals surface area contributed by atoms with Crippen molar-refractivity contribution in [2.45, 2.75) is 26.4 Å². The molecule has 1 atom stereocenters. The van der Waals surface area contributed by atoms with Gasteiger partial charge in [0.05, 0.1) is 12.2 Å². The molecule has 0 aliphatic heterocycles. The van der Waals surface area contributed by atoms with Gasteiger partial charge in [0.2, 0.25) is 0 Å². The van der Waals surface area contributed by atoms with Crippen LogP contribution in [-0.4, -0.2) is 19.7 Å². The summed E-state index contributed by atoms with van der Waals surface area (Å²) in [6.45, 7) is 4.82. The van der Waals surface area contributed by atoms with Crippen molar-refractivity contribution in [3.8, 4) is 0 Å². The van der Waals surface area contributed by atoms with Gasteiger partial charge in [0.15, 0.2) is 0 Å². The second kappa shape index (κ2) is 4.40. The fourth-order valence-corrected chi connectivity index (χ4v) is 1.43. The maximum atomic E-state index is 6.06. The van der Waals surface area contributed by atoms with Crippen LogP contribution < -0.4 is 5.73 Å². The lowest BCUT2D eigenvalue weighted by Gasteiger charge is -2.07. The normalized spacial score (nSPS) is 12.7. The molecule has 0 aliphatic rings. The maximum absolute atomic E-state index is 6.06. The highest BCUT2D eigenvalue weighted by atomic mass is 15.3. The van der Waals surface area contributed by atoms with Crippen molar-refractivity contribution in [2.75, 3.05) is 0 Å². The third kappa shape index (κ3) is 2.09. The van der Waals surface area contributed by atoms with E-state index in [2.05, 4.69) is 15.1 Å². The van der Waals surface area contributed by atoms with Gasteiger partial charge in [-0.2, -0.15) is 5.10 Å². The predicted molar refractivity (Wildman–Crippen MR) is 60.7 cm³/mol. The molecule has 2 aromatic heterocycles. The molecule has 84 valence electrons. The van der Waals surface area contributed by atoms with Crippen LogP contribution in [0.1, 0.15) is 29.9 Å². The molecule has 2 heterocycles. The summed E-state index contributed by atoms with van der Waals surface area (Å²) >= 11 is 0. The van der Waals surface area contributed by atoms with E-state index >= 15 is 0 Å². The lowest BCUT2D eigenvalue weighted by molar-refractivity contribution is 0.658. The van der Waals surface area contributed by atoms with Crippen molar-refractivity contribution < 1.29 is 0 Å². The quantitative estimate of drug-likeness (QED) is 0.834. The van der Waals surface area contributed by atoms with Gasteiger partial charge in [-0.3, -0.25) is 4.68 Å². The number of hydrogen-bond donors (Lipinski definition) is 1. The Kier molecular flexibility index (Phi) is 2.96. The van der Waals surface area contributed by atoms with Crippen LogP contribution in [-0.2, 0) is 6.54 Å². The summed E-state index contributed by atoms with van der Waals surface area (Å²) in [5.41, 5.74) is 8.02. The second-order valence-corrected chi connectivity index (χ2v) is 3.73. The molecule has 0 spiro atoms. The number of hydrogen-bond acceptors (Lipinski definition) is 4. The van der Waals surface area contributed by atoms with Crippen LogP contribution in [0, 0.1) is 6.92 Å². The van der Waals surface area contributed by atoms with Crippen molar-refractivity contribution in [3.05, 3.63) is 41.7 Å².